The minimum Gasteiger partial charge on any atom is -0.368 e. The van der Waals surface area contributed by atoms with Crippen molar-refractivity contribution in [3.8, 4) is 17.3 Å². The van der Waals surface area contributed by atoms with Crippen molar-refractivity contribution in [2.24, 2.45) is 0 Å². The molecule has 2 aromatic heterocycles. The second-order valence-corrected chi connectivity index (χ2v) is 8.14. The molecule has 0 radical (unpaired) electrons. The van der Waals surface area contributed by atoms with Gasteiger partial charge >= 0.3 is 0 Å². The molecule has 0 bridgehead atoms. The summed E-state index contributed by atoms with van der Waals surface area (Å²) in [5.74, 6) is -0.917. The number of nitrogens with zero attached hydrogens (tertiary/aromatic N) is 5. The zero-order valence-corrected chi connectivity index (χ0v) is 18.4. The maximum absolute atomic E-state index is 14.8. The van der Waals surface area contributed by atoms with Gasteiger partial charge in [-0.15, -0.1) is 5.10 Å². The van der Waals surface area contributed by atoms with E-state index in [-0.39, 0.29) is 41.1 Å². The largest absolute Gasteiger partial charge is 0.368 e. The van der Waals surface area contributed by atoms with Gasteiger partial charge in [-0.2, -0.15) is 9.78 Å². The summed E-state index contributed by atoms with van der Waals surface area (Å²) in [7, 11) is 0. The summed E-state index contributed by atoms with van der Waals surface area (Å²) >= 11 is 0. The van der Waals surface area contributed by atoms with Gasteiger partial charge in [0.05, 0.1) is 17.3 Å². The first-order valence-electron chi connectivity index (χ1n) is 10.9. The second kappa shape index (κ2) is 9.08. The molecular weight excluding hydrogens is 454 g/mol. The van der Waals surface area contributed by atoms with Gasteiger partial charge < -0.3 is 16.4 Å². The maximum Gasteiger partial charge on any atom is 0.237 e. The van der Waals surface area contributed by atoms with Gasteiger partial charge in [-0.1, -0.05) is 18.2 Å². The number of nitrogens with two attached hydrogens (primary N) is 1. The SMILES string of the molecule is N#Cc1cccc(-c2cc3nc(Cc4c(F)cccc4CN[C@@H]4CCNC4=O)nn3c(N)n2)c1F. The smallest absolute Gasteiger partial charge is 0.237 e. The Hall–Kier alpha value is -4.43. The van der Waals surface area contributed by atoms with E-state index in [1.165, 1.54) is 28.8 Å². The molecule has 176 valence electrons. The van der Waals surface area contributed by atoms with Crippen LogP contribution in [0.15, 0.2) is 42.5 Å². The van der Waals surface area contributed by atoms with Crippen LogP contribution in [-0.2, 0) is 17.8 Å². The summed E-state index contributed by atoms with van der Waals surface area (Å²) in [6.45, 7) is 0.917. The van der Waals surface area contributed by atoms with E-state index in [1.54, 1.807) is 24.3 Å². The fraction of sp³-hybridized carbons (Fsp3) is 0.208. The molecule has 1 saturated heterocycles. The average molecular weight is 474 g/mol. The monoisotopic (exact) mass is 474 g/mol. The molecule has 4 aromatic rings. The van der Waals surface area contributed by atoms with Gasteiger partial charge in [0, 0.05) is 31.1 Å². The van der Waals surface area contributed by atoms with Crippen LogP contribution in [-0.4, -0.2) is 38.1 Å². The fourth-order valence-corrected chi connectivity index (χ4v) is 4.13. The molecule has 1 fully saturated rings. The van der Waals surface area contributed by atoms with Gasteiger partial charge in [-0.05, 0) is 35.7 Å². The topological polar surface area (TPSA) is 134 Å². The van der Waals surface area contributed by atoms with Crippen molar-refractivity contribution in [2.45, 2.75) is 25.4 Å². The number of hydrogen-bond donors (Lipinski definition) is 3. The average Bonchev–Trinajstić information content (AvgIpc) is 3.45. The third kappa shape index (κ3) is 4.27. The molecule has 0 aliphatic carbocycles. The van der Waals surface area contributed by atoms with Gasteiger partial charge in [0.2, 0.25) is 11.9 Å². The summed E-state index contributed by atoms with van der Waals surface area (Å²) in [4.78, 5) is 20.5. The number of carbonyl (C=O) groups excluding carboxylic acids is 1. The number of nitrogens with one attached hydrogen (secondary N) is 2. The van der Waals surface area contributed by atoms with Crippen LogP contribution >= 0.6 is 0 Å². The highest BCUT2D eigenvalue weighted by atomic mass is 19.1. The zero-order chi connectivity index (χ0) is 24.5. The summed E-state index contributed by atoms with van der Waals surface area (Å²) < 4.78 is 30.7. The van der Waals surface area contributed by atoms with Gasteiger partial charge in [0.15, 0.2) is 11.5 Å². The molecule has 1 aliphatic heterocycles. The first-order chi connectivity index (χ1) is 16.9. The van der Waals surface area contributed by atoms with Crippen LogP contribution in [0, 0.1) is 23.0 Å². The van der Waals surface area contributed by atoms with E-state index >= 15 is 0 Å². The Bertz CT molecular complexity index is 1490. The molecule has 0 saturated carbocycles. The molecule has 11 heteroatoms. The fourth-order valence-electron chi connectivity index (χ4n) is 4.13. The van der Waals surface area contributed by atoms with Gasteiger partial charge in [-0.25, -0.2) is 18.7 Å². The molecule has 9 nitrogen and oxygen atoms in total. The number of benzene rings is 2. The molecule has 1 amide bonds. The summed E-state index contributed by atoms with van der Waals surface area (Å²) in [5.41, 5.74) is 7.65. The number of hydrogen-bond acceptors (Lipinski definition) is 7. The Balaban J connectivity index is 1.45. The predicted molar refractivity (Wildman–Crippen MR) is 123 cm³/mol. The van der Waals surface area contributed by atoms with Crippen LogP contribution in [0.5, 0.6) is 0 Å². The van der Waals surface area contributed by atoms with Crippen molar-refractivity contribution >= 4 is 17.5 Å². The van der Waals surface area contributed by atoms with E-state index in [0.29, 0.717) is 42.1 Å². The van der Waals surface area contributed by atoms with Crippen molar-refractivity contribution < 1.29 is 13.6 Å². The lowest BCUT2D eigenvalue weighted by Gasteiger charge is -2.13. The molecule has 5 rings (SSSR count). The number of anilines is 1. The van der Waals surface area contributed by atoms with Gasteiger partial charge in [0.1, 0.15) is 17.7 Å². The predicted octanol–water partition coefficient (Wildman–Crippen LogP) is 2.09. The number of aromatic nitrogens is 4. The normalized spacial score (nSPS) is 15.3. The van der Waals surface area contributed by atoms with E-state index in [4.69, 9.17) is 11.0 Å². The minimum absolute atomic E-state index is 0.0271. The maximum atomic E-state index is 14.8. The Kier molecular flexibility index (Phi) is 5.80. The Morgan fingerprint density at radius 2 is 2.06 bits per heavy atom. The van der Waals surface area contributed by atoms with Crippen molar-refractivity contribution in [2.75, 3.05) is 12.3 Å². The molecule has 1 atom stereocenters. The number of carbonyl (C=O) groups is 1. The third-order valence-electron chi connectivity index (χ3n) is 5.93. The highest BCUT2D eigenvalue weighted by Gasteiger charge is 2.24. The van der Waals surface area contributed by atoms with Crippen LogP contribution in [0.2, 0.25) is 0 Å². The second-order valence-electron chi connectivity index (χ2n) is 8.14. The van der Waals surface area contributed by atoms with Crippen LogP contribution < -0.4 is 16.4 Å². The highest BCUT2D eigenvalue weighted by molar-refractivity contribution is 5.83. The van der Waals surface area contributed by atoms with Crippen molar-refractivity contribution in [3.63, 3.8) is 0 Å². The van der Waals surface area contributed by atoms with E-state index in [1.807, 2.05) is 0 Å². The summed E-state index contributed by atoms with van der Waals surface area (Å²) in [6.07, 6.45) is 0.749. The molecule has 1 aliphatic rings. The van der Waals surface area contributed by atoms with Gasteiger partial charge in [-0.3, -0.25) is 4.79 Å². The van der Waals surface area contributed by atoms with Gasteiger partial charge in [0.25, 0.3) is 0 Å². The minimum atomic E-state index is -0.703. The molecule has 4 N–H and O–H groups in total. The summed E-state index contributed by atoms with van der Waals surface area (Å²) in [6, 6.07) is 12.2. The van der Waals surface area contributed by atoms with E-state index < -0.39 is 11.6 Å². The van der Waals surface area contributed by atoms with Crippen LogP contribution in [0.25, 0.3) is 16.9 Å². The van der Waals surface area contributed by atoms with Crippen molar-refractivity contribution in [1.29, 1.82) is 5.26 Å². The third-order valence-corrected chi connectivity index (χ3v) is 5.93. The van der Waals surface area contributed by atoms with Crippen LogP contribution in [0.3, 0.4) is 0 Å². The Morgan fingerprint density at radius 3 is 2.83 bits per heavy atom. The van der Waals surface area contributed by atoms with E-state index in [0.717, 1.165) is 0 Å². The number of amides is 1. The first kappa shape index (κ1) is 22.4. The first-order valence-corrected chi connectivity index (χ1v) is 10.9. The Labute approximate surface area is 198 Å². The lowest BCUT2D eigenvalue weighted by Crippen LogP contribution is -2.35. The number of rotatable bonds is 6. The summed E-state index contributed by atoms with van der Waals surface area (Å²) in [5, 5.41) is 19.4. The molecule has 35 heavy (non-hydrogen) atoms. The molecule has 0 spiro atoms. The zero-order valence-electron chi connectivity index (χ0n) is 18.4. The number of halogens is 2. The quantitative estimate of drug-likeness (QED) is 0.390. The molecule has 0 unspecified atom stereocenters. The van der Waals surface area contributed by atoms with E-state index in [9.17, 15) is 13.6 Å². The van der Waals surface area contributed by atoms with Crippen molar-refractivity contribution in [3.05, 3.63) is 76.6 Å². The molecule has 3 heterocycles. The number of nitriles is 1. The number of fused-ring (bicyclic) bond motifs is 1. The highest BCUT2D eigenvalue weighted by Crippen LogP contribution is 2.26. The lowest BCUT2D eigenvalue weighted by atomic mass is 10.0. The lowest BCUT2D eigenvalue weighted by molar-refractivity contribution is -0.120. The number of nitrogen functional groups attached to an aromatic ring is 1. The Morgan fingerprint density at radius 1 is 1.23 bits per heavy atom. The van der Waals surface area contributed by atoms with Crippen LogP contribution in [0.4, 0.5) is 14.7 Å². The standard InChI is InChI=1S/C24H20F2N8O/c25-17-6-2-4-14(12-30-18-7-8-29-23(18)35)16(17)9-20-32-21-10-19(31-24(28)34(21)33-20)15-5-1-3-13(11-27)22(15)26/h1-6,10,18,30H,7-9,12H2,(H2,28,31)(H,29,35)/t18-/m1/s1. The van der Waals surface area contributed by atoms with E-state index in [2.05, 4.69) is 25.7 Å². The van der Waals surface area contributed by atoms with Crippen LogP contribution in [0.1, 0.15) is 28.9 Å². The molecule has 2 aromatic carbocycles. The molecular formula is C24H20F2N8O. The van der Waals surface area contributed by atoms with Crippen molar-refractivity contribution in [1.82, 2.24) is 30.2 Å².